The van der Waals surface area contributed by atoms with Gasteiger partial charge in [-0.15, -0.1) is 11.8 Å². The maximum absolute atomic E-state index is 11.8. The second-order valence-electron chi connectivity index (χ2n) is 3.51. The maximum atomic E-state index is 11.8. The molecule has 1 N–H and O–H groups in total. The van der Waals surface area contributed by atoms with Gasteiger partial charge in [0.05, 0.1) is 5.69 Å². The molecule has 3 nitrogen and oxygen atoms in total. The monoisotopic (exact) mass is 234 g/mol. The lowest BCUT2D eigenvalue weighted by Crippen LogP contribution is -2.32. The van der Waals surface area contributed by atoms with Gasteiger partial charge in [0, 0.05) is 18.0 Å². The van der Waals surface area contributed by atoms with E-state index >= 15 is 0 Å². The topological polar surface area (TPSA) is 32.3 Å². The number of hydrogen-bond donors (Lipinski definition) is 1. The Morgan fingerprint density at radius 1 is 1.31 bits per heavy atom. The van der Waals surface area contributed by atoms with Crippen molar-refractivity contribution >= 4 is 23.5 Å². The lowest BCUT2D eigenvalue weighted by Gasteiger charge is -2.17. The van der Waals surface area contributed by atoms with E-state index in [1.54, 1.807) is 16.7 Å². The highest BCUT2D eigenvalue weighted by Crippen LogP contribution is 2.24. The third-order valence-electron chi connectivity index (χ3n) is 2.45. The Morgan fingerprint density at radius 2 is 2.00 bits per heavy atom. The molecule has 84 valence electrons. The maximum Gasteiger partial charge on any atom is 0.322 e. The number of nitrogens with zero attached hydrogens (tertiary/aromatic N) is 1. The summed E-state index contributed by atoms with van der Waals surface area (Å²) in [6.07, 6.45) is 6.00. The van der Waals surface area contributed by atoms with Crippen molar-refractivity contribution in [2.75, 3.05) is 24.7 Å². The van der Waals surface area contributed by atoms with E-state index in [-0.39, 0.29) is 6.03 Å². The van der Waals surface area contributed by atoms with Crippen molar-refractivity contribution in [3.63, 3.8) is 0 Å². The minimum atomic E-state index is -0.0356. The van der Waals surface area contributed by atoms with E-state index in [1.165, 1.54) is 0 Å². The summed E-state index contributed by atoms with van der Waals surface area (Å²) in [5.41, 5.74) is 0.881. The van der Waals surface area contributed by atoms with Crippen LogP contribution in [0.5, 0.6) is 0 Å². The van der Waals surface area contributed by atoms with Gasteiger partial charge in [-0.3, -0.25) is 0 Å². The summed E-state index contributed by atoms with van der Waals surface area (Å²) >= 11 is 1.63. The van der Waals surface area contributed by atoms with Crippen LogP contribution in [0.2, 0.25) is 0 Å². The second kappa shape index (κ2) is 5.07. The van der Waals surface area contributed by atoms with Crippen LogP contribution in [0.3, 0.4) is 0 Å². The SMILES string of the molecule is CSc1ccccc1NC(=O)N1CC=CC1. The van der Waals surface area contributed by atoms with Gasteiger partial charge in [0.2, 0.25) is 0 Å². The van der Waals surface area contributed by atoms with Crippen LogP contribution in [0.4, 0.5) is 10.5 Å². The Hall–Kier alpha value is -1.42. The number of carbonyl (C=O) groups excluding carboxylic acids is 1. The lowest BCUT2D eigenvalue weighted by atomic mass is 10.3. The normalized spacial score (nSPS) is 14.2. The molecule has 1 heterocycles. The van der Waals surface area contributed by atoms with Crippen LogP contribution in [-0.2, 0) is 0 Å². The summed E-state index contributed by atoms with van der Waals surface area (Å²) in [6, 6.07) is 7.79. The second-order valence-corrected chi connectivity index (χ2v) is 4.35. The van der Waals surface area contributed by atoms with Gasteiger partial charge in [-0.05, 0) is 18.4 Å². The number of benzene rings is 1. The van der Waals surface area contributed by atoms with Crippen molar-refractivity contribution in [1.29, 1.82) is 0 Å². The smallest absolute Gasteiger partial charge is 0.317 e. The predicted octanol–water partition coefficient (Wildman–Crippen LogP) is 2.81. The van der Waals surface area contributed by atoms with Gasteiger partial charge in [-0.2, -0.15) is 0 Å². The number of thioether (sulfide) groups is 1. The van der Waals surface area contributed by atoms with Crippen molar-refractivity contribution in [3.8, 4) is 0 Å². The van der Waals surface area contributed by atoms with E-state index in [4.69, 9.17) is 0 Å². The van der Waals surface area contributed by atoms with Gasteiger partial charge >= 0.3 is 6.03 Å². The van der Waals surface area contributed by atoms with Crippen molar-refractivity contribution in [1.82, 2.24) is 4.90 Å². The Labute approximate surface area is 99.5 Å². The minimum Gasteiger partial charge on any atom is -0.317 e. The lowest BCUT2D eigenvalue weighted by molar-refractivity contribution is 0.224. The Morgan fingerprint density at radius 3 is 2.69 bits per heavy atom. The molecule has 0 saturated heterocycles. The fourth-order valence-electron chi connectivity index (χ4n) is 1.59. The van der Waals surface area contributed by atoms with Crippen LogP contribution >= 0.6 is 11.8 Å². The highest BCUT2D eigenvalue weighted by atomic mass is 32.2. The van der Waals surface area contributed by atoms with Crippen molar-refractivity contribution in [2.45, 2.75) is 4.90 Å². The Kier molecular flexibility index (Phi) is 3.51. The molecule has 0 fully saturated rings. The molecule has 0 spiro atoms. The first kappa shape index (κ1) is 11.1. The molecule has 0 atom stereocenters. The van der Waals surface area contributed by atoms with Gasteiger partial charge in [-0.1, -0.05) is 24.3 Å². The number of para-hydroxylation sites is 1. The summed E-state index contributed by atoms with van der Waals surface area (Å²) in [4.78, 5) is 14.7. The molecule has 0 bridgehead atoms. The molecular weight excluding hydrogens is 220 g/mol. The summed E-state index contributed by atoms with van der Waals surface area (Å²) in [7, 11) is 0. The molecule has 0 radical (unpaired) electrons. The standard InChI is InChI=1S/C12H14N2OS/c1-16-11-7-3-2-6-10(11)13-12(15)14-8-4-5-9-14/h2-7H,8-9H2,1H3,(H,13,15). The first-order valence-corrected chi connectivity index (χ1v) is 6.37. The molecule has 1 aliphatic rings. The first-order valence-electron chi connectivity index (χ1n) is 5.15. The van der Waals surface area contributed by atoms with E-state index in [9.17, 15) is 4.79 Å². The number of amides is 2. The fourth-order valence-corrected chi connectivity index (χ4v) is 2.14. The summed E-state index contributed by atoms with van der Waals surface area (Å²) in [5, 5.41) is 2.93. The molecule has 1 aromatic carbocycles. The third-order valence-corrected chi connectivity index (χ3v) is 3.25. The minimum absolute atomic E-state index is 0.0356. The molecule has 2 rings (SSSR count). The number of rotatable bonds is 2. The van der Waals surface area contributed by atoms with E-state index < -0.39 is 0 Å². The van der Waals surface area contributed by atoms with Gasteiger partial charge in [0.15, 0.2) is 0 Å². The molecule has 4 heteroatoms. The molecule has 0 aliphatic carbocycles. The summed E-state index contributed by atoms with van der Waals surface area (Å²) < 4.78 is 0. The molecule has 1 aromatic rings. The molecule has 16 heavy (non-hydrogen) atoms. The van der Waals surface area contributed by atoms with Crippen LogP contribution in [0.1, 0.15) is 0 Å². The average Bonchev–Trinajstić information content (AvgIpc) is 2.83. The number of carbonyl (C=O) groups is 1. The summed E-state index contributed by atoms with van der Waals surface area (Å²) in [6.45, 7) is 1.40. The van der Waals surface area contributed by atoms with Crippen molar-refractivity contribution < 1.29 is 4.79 Å². The Bertz CT molecular complexity index is 409. The molecule has 2 amide bonds. The van der Waals surface area contributed by atoms with Crippen LogP contribution in [0.15, 0.2) is 41.3 Å². The van der Waals surface area contributed by atoms with Gasteiger partial charge < -0.3 is 10.2 Å². The van der Waals surface area contributed by atoms with Crippen molar-refractivity contribution in [3.05, 3.63) is 36.4 Å². The van der Waals surface area contributed by atoms with Gasteiger partial charge in [0.25, 0.3) is 0 Å². The average molecular weight is 234 g/mol. The highest BCUT2D eigenvalue weighted by Gasteiger charge is 2.14. The molecule has 0 saturated carbocycles. The predicted molar refractivity (Wildman–Crippen MR) is 68.0 cm³/mol. The quantitative estimate of drug-likeness (QED) is 0.630. The van der Waals surface area contributed by atoms with E-state index in [1.807, 2.05) is 42.7 Å². The Balaban J connectivity index is 2.05. The number of anilines is 1. The molecule has 1 aliphatic heterocycles. The zero-order valence-electron chi connectivity index (χ0n) is 9.14. The zero-order chi connectivity index (χ0) is 11.4. The van der Waals surface area contributed by atoms with E-state index in [0.717, 1.165) is 10.6 Å². The molecule has 0 unspecified atom stereocenters. The number of hydrogen-bond acceptors (Lipinski definition) is 2. The largest absolute Gasteiger partial charge is 0.322 e. The van der Waals surface area contributed by atoms with Gasteiger partial charge in [0.1, 0.15) is 0 Å². The number of nitrogens with one attached hydrogen (secondary N) is 1. The molecular formula is C12H14N2OS. The highest BCUT2D eigenvalue weighted by molar-refractivity contribution is 7.98. The molecule has 0 aromatic heterocycles. The third kappa shape index (κ3) is 2.39. The van der Waals surface area contributed by atoms with Crippen LogP contribution < -0.4 is 5.32 Å². The van der Waals surface area contributed by atoms with E-state index in [2.05, 4.69) is 5.32 Å². The number of urea groups is 1. The van der Waals surface area contributed by atoms with Crippen molar-refractivity contribution in [2.24, 2.45) is 0 Å². The van der Waals surface area contributed by atoms with Crippen LogP contribution in [-0.4, -0.2) is 30.3 Å². The van der Waals surface area contributed by atoms with Gasteiger partial charge in [-0.25, -0.2) is 4.79 Å². The summed E-state index contributed by atoms with van der Waals surface area (Å²) in [5.74, 6) is 0. The van der Waals surface area contributed by atoms with E-state index in [0.29, 0.717) is 13.1 Å². The fraction of sp³-hybridized carbons (Fsp3) is 0.250. The zero-order valence-corrected chi connectivity index (χ0v) is 9.96. The van der Waals surface area contributed by atoms with Crippen LogP contribution in [0, 0.1) is 0 Å². The first-order chi connectivity index (χ1) is 7.81. The van der Waals surface area contributed by atoms with Crippen LogP contribution in [0.25, 0.3) is 0 Å².